The molecule has 1 aromatic rings. The molecule has 1 aliphatic rings. The first-order chi connectivity index (χ1) is 9.16. The van der Waals surface area contributed by atoms with E-state index in [1.807, 2.05) is 6.07 Å². The molecule has 1 saturated carbocycles. The van der Waals surface area contributed by atoms with Crippen LogP contribution in [0.5, 0.6) is 0 Å². The van der Waals surface area contributed by atoms with Gasteiger partial charge in [-0.1, -0.05) is 43.4 Å². The lowest BCUT2D eigenvalue weighted by Gasteiger charge is -2.24. The Morgan fingerprint density at radius 2 is 1.89 bits per heavy atom. The first kappa shape index (κ1) is 14.9. The molecule has 2 rings (SSSR count). The molecule has 0 amide bonds. The molecule has 0 aliphatic heterocycles. The number of aryl methyl sites for hydroxylation is 1. The van der Waals surface area contributed by atoms with E-state index in [4.69, 9.17) is 11.6 Å². The third-order valence-electron chi connectivity index (χ3n) is 4.53. The van der Waals surface area contributed by atoms with Gasteiger partial charge < -0.3 is 5.32 Å². The van der Waals surface area contributed by atoms with Crippen LogP contribution in [0.2, 0.25) is 5.02 Å². The third-order valence-corrected chi connectivity index (χ3v) is 4.76. The molecule has 1 atom stereocenters. The van der Waals surface area contributed by atoms with E-state index in [2.05, 4.69) is 31.3 Å². The molecule has 0 bridgehead atoms. The maximum Gasteiger partial charge on any atom is 0.0408 e. The van der Waals surface area contributed by atoms with Gasteiger partial charge in [0.15, 0.2) is 0 Å². The first-order valence-corrected chi connectivity index (χ1v) is 8.03. The maximum atomic E-state index is 6.00. The van der Waals surface area contributed by atoms with Crippen LogP contribution in [-0.4, -0.2) is 6.04 Å². The van der Waals surface area contributed by atoms with E-state index in [-0.39, 0.29) is 0 Å². The van der Waals surface area contributed by atoms with Crippen molar-refractivity contribution in [3.05, 3.63) is 34.3 Å². The number of halogens is 1. The molecule has 0 aromatic heterocycles. The van der Waals surface area contributed by atoms with Crippen molar-refractivity contribution in [1.29, 1.82) is 0 Å². The molecule has 1 N–H and O–H groups in total. The van der Waals surface area contributed by atoms with Gasteiger partial charge in [-0.2, -0.15) is 0 Å². The van der Waals surface area contributed by atoms with Crippen LogP contribution in [0.25, 0.3) is 0 Å². The highest BCUT2D eigenvalue weighted by atomic mass is 35.5. The van der Waals surface area contributed by atoms with Gasteiger partial charge in [-0.25, -0.2) is 0 Å². The summed E-state index contributed by atoms with van der Waals surface area (Å²) in [6.45, 7) is 5.45. The topological polar surface area (TPSA) is 12.0 Å². The maximum absolute atomic E-state index is 6.00. The largest absolute Gasteiger partial charge is 0.310 e. The van der Waals surface area contributed by atoms with E-state index < -0.39 is 0 Å². The lowest BCUT2D eigenvalue weighted by atomic mass is 9.93. The Morgan fingerprint density at radius 1 is 1.21 bits per heavy atom. The van der Waals surface area contributed by atoms with Crippen molar-refractivity contribution in [3.8, 4) is 0 Å². The highest BCUT2D eigenvalue weighted by Crippen LogP contribution is 2.25. The Kier molecular flexibility index (Phi) is 5.72. The summed E-state index contributed by atoms with van der Waals surface area (Å²) in [6.07, 6.45) is 8.48. The molecule has 1 aromatic carbocycles. The summed E-state index contributed by atoms with van der Waals surface area (Å²) in [5.41, 5.74) is 2.65. The minimum Gasteiger partial charge on any atom is -0.310 e. The summed E-state index contributed by atoms with van der Waals surface area (Å²) in [5, 5.41) is 4.55. The van der Waals surface area contributed by atoms with Crippen molar-refractivity contribution >= 4 is 11.6 Å². The molecule has 0 saturated heterocycles. The Balaban J connectivity index is 1.86. The molecule has 1 fully saturated rings. The van der Waals surface area contributed by atoms with Crippen LogP contribution in [0.3, 0.4) is 0 Å². The van der Waals surface area contributed by atoms with Gasteiger partial charge in [0.2, 0.25) is 0 Å². The standard InChI is InChI=1S/C17H26ClN/c1-13-11-17(18)10-9-16(13)12-19-14(2)15-7-5-3-4-6-8-15/h9-11,14-15,19H,3-8,12H2,1-2H3/t14-/m1/s1. The van der Waals surface area contributed by atoms with Gasteiger partial charge >= 0.3 is 0 Å². The number of hydrogen-bond donors (Lipinski definition) is 1. The quantitative estimate of drug-likeness (QED) is 0.757. The molecule has 0 unspecified atom stereocenters. The van der Waals surface area contributed by atoms with Gasteiger partial charge in [0.1, 0.15) is 0 Å². The smallest absolute Gasteiger partial charge is 0.0408 e. The highest BCUT2D eigenvalue weighted by molar-refractivity contribution is 6.30. The minimum absolute atomic E-state index is 0.619. The number of benzene rings is 1. The van der Waals surface area contributed by atoms with Crippen molar-refractivity contribution in [2.24, 2.45) is 5.92 Å². The zero-order valence-corrected chi connectivity index (χ0v) is 13.0. The number of nitrogens with one attached hydrogen (secondary N) is 1. The molecular formula is C17H26ClN. The van der Waals surface area contributed by atoms with Crippen LogP contribution in [0.15, 0.2) is 18.2 Å². The molecule has 106 valence electrons. The van der Waals surface area contributed by atoms with Gasteiger partial charge in [0, 0.05) is 17.6 Å². The molecule has 1 nitrogen and oxygen atoms in total. The Bertz CT molecular complexity index is 394. The lowest BCUT2D eigenvalue weighted by molar-refractivity contribution is 0.336. The molecule has 19 heavy (non-hydrogen) atoms. The van der Waals surface area contributed by atoms with Gasteiger partial charge in [0.05, 0.1) is 0 Å². The van der Waals surface area contributed by atoms with Gasteiger partial charge in [-0.3, -0.25) is 0 Å². The monoisotopic (exact) mass is 279 g/mol. The van der Waals surface area contributed by atoms with Crippen molar-refractivity contribution in [3.63, 3.8) is 0 Å². The second kappa shape index (κ2) is 7.31. The molecule has 1 aliphatic carbocycles. The van der Waals surface area contributed by atoms with Crippen molar-refractivity contribution in [1.82, 2.24) is 5.32 Å². The molecular weight excluding hydrogens is 254 g/mol. The summed E-state index contributed by atoms with van der Waals surface area (Å²) in [5.74, 6) is 0.857. The summed E-state index contributed by atoms with van der Waals surface area (Å²) < 4.78 is 0. The highest BCUT2D eigenvalue weighted by Gasteiger charge is 2.18. The Hall–Kier alpha value is -0.530. The fourth-order valence-corrected chi connectivity index (χ4v) is 3.33. The summed E-state index contributed by atoms with van der Waals surface area (Å²) in [4.78, 5) is 0. The van der Waals surface area contributed by atoms with Crippen molar-refractivity contribution < 1.29 is 0 Å². The van der Waals surface area contributed by atoms with Crippen LogP contribution >= 0.6 is 11.6 Å². The second-order valence-corrected chi connectivity index (χ2v) is 6.43. The van der Waals surface area contributed by atoms with Gasteiger partial charge in [-0.15, -0.1) is 0 Å². The molecule has 0 heterocycles. The average Bonchev–Trinajstić information content (AvgIpc) is 2.66. The zero-order valence-electron chi connectivity index (χ0n) is 12.2. The van der Waals surface area contributed by atoms with Gasteiger partial charge in [0.25, 0.3) is 0 Å². The summed E-state index contributed by atoms with van der Waals surface area (Å²) in [7, 11) is 0. The summed E-state index contributed by atoms with van der Waals surface area (Å²) in [6, 6.07) is 6.80. The SMILES string of the molecule is Cc1cc(Cl)ccc1CN[C@H](C)C1CCCCCC1. The van der Waals surface area contributed by atoms with Gasteiger partial charge in [-0.05, 0) is 55.9 Å². The van der Waals surface area contributed by atoms with Crippen molar-refractivity contribution in [2.75, 3.05) is 0 Å². The molecule has 0 spiro atoms. The van der Waals surface area contributed by atoms with E-state index in [1.54, 1.807) is 0 Å². The molecule has 0 radical (unpaired) electrons. The lowest BCUT2D eigenvalue weighted by Crippen LogP contribution is -2.33. The van der Waals surface area contributed by atoms with E-state index in [1.165, 1.54) is 49.7 Å². The number of hydrogen-bond acceptors (Lipinski definition) is 1. The second-order valence-electron chi connectivity index (χ2n) is 5.99. The average molecular weight is 280 g/mol. The van der Waals surface area contributed by atoms with E-state index in [0.717, 1.165) is 17.5 Å². The Labute approximate surface area is 122 Å². The Morgan fingerprint density at radius 3 is 2.53 bits per heavy atom. The minimum atomic E-state index is 0.619. The predicted molar refractivity (Wildman–Crippen MR) is 83.7 cm³/mol. The fraction of sp³-hybridized carbons (Fsp3) is 0.647. The van der Waals surface area contributed by atoms with E-state index >= 15 is 0 Å². The van der Waals surface area contributed by atoms with E-state index in [9.17, 15) is 0 Å². The number of rotatable bonds is 4. The summed E-state index contributed by atoms with van der Waals surface area (Å²) >= 11 is 6.00. The van der Waals surface area contributed by atoms with Crippen LogP contribution in [-0.2, 0) is 6.54 Å². The molecule has 2 heteroatoms. The van der Waals surface area contributed by atoms with Crippen LogP contribution in [0.4, 0.5) is 0 Å². The predicted octanol–water partition coefficient (Wildman–Crippen LogP) is 5.10. The normalized spacial score (nSPS) is 19.1. The first-order valence-electron chi connectivity index (χ1n) is 7.65. The third kappa shape index (κ3) is 4.50. The van der Waals surface area contributed by atoms with Crippen LogP contribution in [0.1, 0.15) is 56.6 Å². The van der Waals surface area contributed by atoms with Crippen molar-refractivity contribution in [2.45, 2.75) is 65.0 Å². The van der Waals surface area contributed by atoms with Crippen LogP contribution < -0.4 is 5.32 Å². The van der Waals surface area contributed by atoms with E-state index in [0.29, 0.717) is 6.04 Å². The fourth-order valence-electron chi connectivity index (χ4n) is 3.11. The van der Waals surface area contributed by atoms with Crippen LogP contribution in [0, 0.1) is 12.8 Å². The zero-order chi connectivity index (χ0) is 13.7.